The number of ether oxygens (including phenoxy) is 1. The molecule has 0 atom stereocenters. The second-order valence-corrected chi connectivity index (χ2v) is 8.25. The molecule has 2 aromatic heterocycles. The summed E-state index contributed by atoms with van der Waals surface area (Å²) >= 11 is 1.71. The minimum Gasteiger partial charge on any atom is -0.381 e. The van der Waals surface area contributed by atoms with Crippen molar-refractivity contribution in [2.75, 3.05) is 19.8 Å². The molecule has 5 nitrogen and oxygen atoms in total. The Hall–Kier alpha value is -2.51. The number of halogens is 1. The zero-order valence-electron chi connectivity index (χ0n) is 16.4. The van der Waals surface area contributed by atoms with Crippen molar-refractivity contribution >= 4 is 17.2 Å². The average Bonchev–Trinajstić information content (AvgIpc) is 3.39. The number of benzene rings is 1. The van der Waals surface area contributed by atoms with Gasteiger partial charge in [-0.3, -0.25) is 9.48 Å². The van der Waals surface area contributed by atoms with E-state index in [2.05, 4.69) is 16.5 Å². The van der Waals surface area contributed by atoms with Gasteiger partial charge in [-0.1, -0.05) is 6.07 Å². The van der Waals surface area contributed by atoms with E-state index in [1.807, 2.05) is 11.0 Å². The van der Waals surface area contributed by atoms with Crippen molar-refractivity contribution in [2.45, 2.75) is 25.3 Å². The summed E-state index contributed by atoms with van der Waals surface area (Å²) < 4.78 is 20.4. The van der Waals surface area contributed by atoms with Gasteiger partial charge in [0.05, 0.1) is 5.69 Å². The van der Waals surface area contributed by atoms with Crippen molar-refractivity contribution in [3.8, 4) is 11.3 Å². The van der Waals surface area contributed by atoms with Crippen LogP contribution in [0.25, 0.3) is 11.3 Å². The topological polar surface area (TPSA) is 47.4 Å². The van der Waals surface area contributed by atoms with Gasteiger partial charge in [0.1, 0.15) is 11.5 Å². The van der Waals surface area contributed by atoms with Gasteiger partial charge in [-0.2, -0.15) is 5.10 Å². The van der Waals surface area contributed by atoms with Crippen LogP contribution < -0.4 is 0 Å². The average molecular weight is 414 g/mol. The number of rotatable bonds is 6. The fraction of sp³-hybridized carbons (Fsp3) is 0.364. The third kappa shape index (κ3) is 4.57. The lowest BCUT2D eigenvalue weighted by atomic mass is 10.1. The van der Waals surface area contributed by atoms with Gasteiger partial charge in [0.15, 0.2) is 0 Å². The van der Waals surface area contributed by atoms with Gasteiger partial charge >= 0.3 is 0 Å². The Morgan fingerprint density at radius 1 is 1.28 bits per heavy atom. The van der Waals surface area contributed by atoms with Crippen LogP contribution in [-0.2, 0) is 18.2 Å². The summed E-state index contributed by atoms with van der Waals surface area (Å²) in [6.07, 6.45) is 2.53. The van der Waals surface area contributed by atoms with Crippen molar-refractivity contribution in [3.63, 3.8) is 0 Å². The lowest BCUT2D eigenvalue weighted by Gasteiger charge is -2.34. The fourth-order valence-corrected chi connectivity index (χ4v) is 4.41. The Balaban J connectivity index is 1.58. The van der Waals surface area contributed by atoms with Gasteiger partial charge in [0.2, 0.25) is 0 Å². The first-order chi connectivity index (χ1) is 14.1. The summed E-state index contributed by atoms with van der Waals surface area (Å²) in [6.45, 7) is 2.03. The molecule has 152 valence electrons. The zero-order chi connectivity index (χ0) is 20.2. The highest BCUT2D eigenvalue weighted by atomic mass is 32.1. The normalized spacial score (nSPS) is 14.8. The second-order valence-electron chi connectivity index (χ2n) is 7.22. The van der Waals surface area contributed by atoms with E-state index in [9.17, 15) is 9.18 Å². The van der Waals surface area contributed by atoms with Crippen molar-refractivity contribution in [2.24, 2.45) is 7.05 Å². The molecule has 0 unspecified atom stereocenters. The number of carbonyl (C=O) groups is 1. The van der Waals surface area contributed by atoms with Crippen molar-refractivity contribution in [1.82, 2.24) is 14.7 Å². The maximum absolute atomic E-state index is 13.5. The van der Waals surface area contributed by atoms with Crippen LogP contribution in [0.1, 0.15) is 28.2 Å². The number of thiophene rings is 1. The summed E-state index contributed by atoms with van der Waals surface area (Å²) in [5.41, 5.74) is 2.00. The number of nitrogens with zero attached hydrogens (tertiary/aromatic N) is 3. The SMILES string of the molecule is Cn1nc(-c2ccc(F)cc2)cc1C(=O)N(CCc1cccs1)C1CCOCC1. The number of hydrogen-bond donors (Lipinski definition) is 0. The van der Waals surface area contributed by atoms with Crippen molar-refractivity contribution in [1.29, 1.82) is 0 Å². The molecule has 3 heterocycles. The van der Waals surface area contributed by atoms with Gasteiger partial charge in [-0.15, -0.1) is 11.3 Å². The van der Waals surface area contributed by atoms with E-state index in [0.717, 1.165) is 24.8 Å². The molecule has 1 aromatic carbocycles. The molecule has 0 N–H and O–H groups in total. The molecule has 0 bridgehead atoms. The molecule has 7 heteroatoms. The largest absolute Gasteiger partial charge is 0.381 e. The van der Waals surface area contributed by atoms with Crippen LogP contribution in [0.5, 0.6) is 0 Å². The highest BCUT2D eigenvalue weighted by Crippen LogP contribution is 2.23. The molecule has 1 amide bonds. The molecule has 0 saturated carbocycles. The Kier molecular flexibility index (Phi) is 6.06. The molecule has 3 aromatic rings. The van der Waals surface area contributed by atoms with Gasteiger partial charge in [-0.25, -0.2) is 4.39 Å². The molecule has 29 heavy (non-hydrogen) atoms. The molecule has 0 aliphatic carbocycles. The first kappa shape index (κ1) is 19.8. The van der Waals surface area contributed by atoms with Crippen LogP contribution in [-0.4, -0.2) is 46.4 Å². The summed E-state index contributed by atoms with van der Waals surface area (Å²) in [4.78, 5) is 16.7. The molecule has 0 spiro atoms. The monoisotopic (exact) mass is 413 g/mol. The van der Waals surface area contributed by atoms with E-state index in [1.165, 1.54) is 17.0 Å². The third-order valence-electron chi connectivity index (χ3n) is 5.31. The second kappa shape index (κ2) is 8.88. The number of carbonyl (C=O) groups excluding carboxylic acids is 1. The van der Waals surface area contributed by atoms with Gasteiger partial charge in [-0.05, 0) is 61.0 Å². The highest BCUT2D eigenvalue weighted by molar-refractivity contribution is 7.09. The van der Waals surface area contributed by atoms with E-state index in [1.54, 1.807) is 41.3 Å². The standard InChI is InChI=1S/C22H24FN3O2S/c1-25-21(15-20(24-25)16-4-6-17(23)7-5-16)22(27)26(18-9-12-28-13-10-18)11-8-19-3-2-14-29-19/h2-7,14-15,18H,8-13H2,1H3. The maximum atomic E-state index is 13.5. The maximum Gasteiger partial charge on any atom is 0.272 e. The Morgan fingerprint density at radius 3 is 2.72 bits per heavy atom. The summed E-state index contributed by atoms with van der Waals surface area (Å²) in [5, 5.41) is 6.55. The van der Waals surface area contributed by atoms with Gasteiger partial charge < -0.3 is 9.64 Å². The van der Waals surface area contributed by atoms with Crippen LogP contribution in [0, 0.1) is 5.82 Å². The highest BCUT2D eigenvalue weighted by Gasteiger charge is 2.28. The van der Waals surface area contributed by atoms with Crippen LogP contribution in [0.2, 0.25) is 0 Å². The van der Waals surface area contributed by atoms with Crippen LogP contribution >= 0.6 is 11.3 Å². The molecular weight excluding hydrogens is 389 g/mol. The van der Waals surface area contributed by atoms with E-state index < -0.39 is 0 Å². The van der Waals surface area contributed by atoms with E-state index in [0.29, 0.717) is 31.1 Å². The Labute approximate surface area is 173 Å². The summed E-state index contributed by atoms with van der Waals surface area (Å²) in [5.74, 6) is -0.308. The number of amides is 1. The van der Waals surface area contributed by atoms with Crippen LogP contribution in [0.15, 0.2) is 47.8 Å². The molecule has 4 rings (SSSR count). The smallest absolute Gasteiger partial charge is 0.272 e. The van der Waals surface area contributed by atoms with Crippen molar-refractivity contribution in [3.05, 3.63) is 64.2 Å². The first-order valence-corrected chi connectivity index (χ1v) is 10.7. The van der Waals surface area contributed by atoms with Crippen LogP contribution in [0.4, 0.5) is 4.39 Å². The predicted molar refractivity (Wildman–Crippen MR) is 112 cm³/mol. The van der Waals surface area contributed by atoms with E-state index >= 15 is 0 Å². The third-order valence-corrected chi connectivity index (χ3v) is 6.25. The summed E-state index contributed by atoms with van der Waals surface area (Å²) in [7, 11) is 1.78. The molecule has 1 aliphatic heterocycles. The van der Waals surface area contributed by atoms with E-state index in [-0.39, 0.29) is 17.8 Å². The van der Waals surface area contributed by atoms with Crippen LogP contribution in [0.3, 0.4) is 0 Å². The lowest BCUT2D eigenvalue weighted by molar-refractivity contribution is 0.0288. The number of aromatic nitrogens is 2. The molecule has 1 fully saturated rings. The Morgan fingerprint density at radius 2 is 2.03 bits per heavy atom. The number of hydrogen-bond acceptors (Lipinski definition) is 4. The minimum absolute atomic E-state index is 0.0168. The van der Waals surface area contributed by atoms with Gasteiger partial charge in [0, 0.05) is 43.3 Å². The zero-order valence-corrected chi connectivity index (χ0v) is 17.2. The molecule has 1 saturated heterocycles. The van der Waals surface area contributed by atoms with Crippen molar-refractivity contribution < 1.29 is 13.9 Å². The fourth-order valence-electron chi connectivity index (χ4n) is 3.71. The molecular formula is C22H24FN3O2S. The minimum atomic E-state index is -0.291. The molecule has 1 aliphatic rings. The molecule has 0 radical (unpaired) electrons. The Bertz CT molecular complexity index is 947. The first-order valence-electron chi connectivity index (χ1n) is 9.83. The summed E-state index contributed by atoms with van der Waals surface area (Å²) in [6, 6.07) is 12.3. The van der Waals surface area contributed by atoms with E-state index in [4.69, 9.17) is 4.74 Å². The lowest BCUT2D eigenvalue weighted by Crippen LogP contribution is -2.45. The quantitative estimate of drug-likeness (QED) is 0.610. The van der Waals surface area contributed by atoms with Gasteiger partial charge in [0.25, 0.3) is 5.91 Å². The number of aryl methyl sites for hydroxylation is 1. The predicted octanol–water partition coefficient (Wildman–Crippen LogP) is 4.15.